The molecule has 6 heteroatoms. The summed E-state index contributed by atoms with van der Waals surface area (Å²) < 4.78 is 27.2. The van der Waals surface area contributed by atoms with Crippen LogP contribution in [-0.2, 0) is 9.31 Å². The van der Waals surface area contributed by atoms with Crippen LogP contribution in [0, 0.1) is 9.39 Å². The van der Waals surface area contributed by atoms with Crippen molar-refractivity contribution in [2.75, 3.05) is 0 Å². The van der Waals surface area contributed by atoms with Gasteiger partial charge < -0.3 is 9.31 Å². The molecule has 0 saturated carbocycles. The van der Waals surface area contributed by atoms with Gasteiger partial charge in [0.15, 0.2) is 0 Å². The highest BCUT2D eigenvalue weighted by Crippen LogP contribution is 2.37. The Hall–Kier alpha value is 0.345. The Kier molecular flexibility index (Phi) is 3.86. The minimum Gasteiger partial charge on any atom is -0.399 e. The predicted octanol–water partition coefficient (Wildman–Crippen LogP) is 3.49. The summed E-state index contributed by atoms with van der Waals surface area (Å²) in [5.41, 5.74) is -0.504. The third kappa shape index (κ3) is 2.36. The monoisotopic (exact) mass is 426 g/mol. The fourth-order valence-corrected chi connectivity index (χ4v) is 2.68. The summed E-state index contributed by atoms with van der Waals surface area (Å²) >= 11 is 5.33. The maximum atomic E-state index is 14.2. The van der Waals surface area contributed by atoms with E-state index in [1.165, 1.54) is 0 Å². The molecular formula is C12H14BBrFIO2. The van der Waals surface area contributed by atoms with Gasteiger partial charge >= 0.3 is 7.12 Å². The quantitative estimate of drug-likeness (QED) is 0.389. The smallest absolute Gasteiger partial charge is 0.399 e. The zero-order valence-electron chi connectivity index (χ0n) is 10.7. The van der Waals surface area contributed by atoms with E-state index >= 15 is 0 Å². The summed E-state index contributed by atoms with van der Waals surface area (Å²) in [4.78, 5) is 0. The van der Waals surface area contributed by atoms with E-state index in [0.29, 0.717) is 13.5 Å². The lowest BCUT2D eigenvalue weighted by Crippen LogP contribution is -2.41. The molecule has 2 rings (SSSR count). The molecule has 0 aromatic heterocycles. The fraction of sp³-hybridized carbons (Fsp3) is 0.500. The van der Waals surface area contributed by atoms with Crippen molar-refractivity contribution >= 4 is 51.1 Å². The zero-order chi connectivity index (χ0) is 13.7. The van der Waals surface area contributed by atoms with Crippen molar-refractivity contribution in [1.29, 1.82) is 0 Å². The van der Waals surface area contributed by atoms with E-state index in [9.17, 15) is 4.39 Å². The first-order valence-corrected chi connectivity index (χ1v) is 7.52. The Bertz CT molecular complexity index is 477. The summed E-state index contributed by atoms with van der Waals surface area (Å²) in [7, 11) is -0.681. The molecule has 1 heterocycles. The number of hydrogen-bond donors (Lipinski definition) is 0. The van der Waals surface area contributed by atoms with Gasteiger partial charge in [-0.1, -0.05) is 15.9 Å². The van der Waals surface area contributed by atoms with Crippen LogP contribution in [0.4, 0.5) is 4.39 Å². The van der Waals surface area contributed by atoms with E-state index in [0.717, 1.165) is 0 Å². The van der Waals surface area contributed by atoms with Crippen molar-refractivity contribution in [2.45, 2.75) is 38.9 Å². The van der Waals surface area contributed by atoms with Crippen LogP contribution in [0.15, 0.2) is 16.6 Å². The summed E-state index contributed by atoms with van der Waals surface area (Å²) in [5.74, 6) is -0.288. The molecule has 1 saturated heterocycles. The summed E-state index contributed by atoms with van der Waals surface area (Å²) in [5, 5.41) is 0. The fourth-order valence-electron chi connectivity index (χ4n) is 1.72. The Balaban J connectivity index is 2.44. The minimum atomic E-state index is -0.681. The highest BCUT2D eigenvalue weighted by atomic mass is 127. The largest absolute Gasteiger partial charge is 0.499 e. The van der Waals surface area contributed by atoms with Gasteiger partial charge in [0.2, 0.25) is 0 Å². The maximum absolute atomic E-state index is 14.2. The van der Waals surface area contributed by atoms with E-state index in [-0.39, 0.29) is 5.82 Å². The molecular weight excluding hydrogens is 413 g/mol. The van der Waals surface area contributed by atoms with Crippen molar-refractivity contribution in [3.8, 4) is 0 Å². The average molecular weight is 427 g/mol. The molecule has 0 radical (unpaired) electrons. The van der Waals surface area contributed by atoms with Gasteiger partial charge in [-0.05, 0) is 62.4 Å². The normalized spacial score (nSPS) is 21.4. The maximum Gasteiger partial charge on any atom is 0.499 e. The SMILES string of the molecule is CC1(C)OB(c2c(Br)ccc(I)c2F)OC1(C)C. The van der Waals surface area contributed by atoms with Crippen molar-refractivity contribution in [3.05, 3.63) is 26.0 Å². The molecule has 0 bridgehead atoms. The van der Waals surface area contributed by atoms with Gasteiger partial charge in [0.05, 0.1) is 11.2 Å². The van der Waals surface area contributed by atoms with E-state index < -0.39 is 18.3 Å². The Morgan fingerprint density at radius 1 is 1.17 bits per heavy atom. The van der Waals surface area contributed by atoms with Gasteiger partial charge in [0.1, 0.15) is 5.82 Å². The first-order valence-electron chi connectivity index (χ1n) is 5.65. The molecule has 0 spiro atoms. The average Bonchev–Trinajstić information content (AvgIpc) is 2.43. The van der Waals surface area contributed by atoms with E-state index in [2.05, 4.69) is 15.9 Å². The predicted molar refractivity (Wildman–Crippen MR) is 82.5 cm³/mol. The van der Waals surface area contributed by atoms with Crippen LogP contribution in [0.3, 0.4) is 0 Å². The Labute approximate surface area is 129 Å². The second kappa shape index (κ2) is 4.72. The van der Waals surface area contributed by atoms with E-state index in [1.807, 2.05) is 56.4 Å². The first-order chi connectivity index (χ1) is 8.16. The highest BCUT2D eigenvalue weighted by molar-refractivity contribution is 14.1. The lowest BCUT2D eigenvalue weighted by atomic mass is 9.79. The number of hydrogen-bond acceptors (Lipinski definition) is 2. The molecule has 1 aliphatic rings. The number of halogens is 3. The second-order valence-electron chi connectivity index (χ2n) is 5.35. The molecule has 1 aromatic rings. The lowest BCUT2D eigenvalue weighted by molar-refractivity contribution is 0.00578. The van der Waals surface area contributed by atoms with E-state index in [4.69, 9.17) is 9.31 Å². The topological polar surface area (TPSA) is 18.5 Å². The molecule has 1 aromatic carbocycles. The molecule has 2 nitrogen and oxygen atoms in total. The highest BCUT2D eigenvalue weighted by Gasteiger charge is 2.53. The Morgan fingerprint density at radius 3 is 2.17 bits per heavy atom. The van der Waals surface area contributed by atoms with Gasteiger partial charge in [-0.15, -0.1) is 0 Å². The molecule has 0 amide bonds. The molecule has 0 aliphatic carbocycles. The number of rotatable bonds is 1. The molecule has 18 heavy (non-hydrogen) atoms. The molecule has 0 atom stereocenters. The third-order valence-electron chi connectivity index (χ3n) is 3.57. The van der Waals surface area contributed by atoms with Crippen LogP contribution >= 0.6 is 38.5 Å². The van der Waals surface area contributed by atoms with Crippen LogP contribution in [0.2, 0.25) is 0 Å². The molecule has 98 valence electrons. The minimum absolute atomic E-state index is 0.288. The molecule has 0 unspecified atom stereocenters. The van der Waals surface area contributed by atoms with Gasteiger partial charge in [-0.3, -0.25) is 0 Å². The number of benzene rings is 1. The van der Waals surface area contributed by atoms with Crippen LogP contribution < -0.4 is 5.46 Å². The summed E-state index contributed by atoms with van der Waals surface area (Å²) in [6, 6.07) is 3.53. The van der Waals surface area contributed by atoms with Gasteiger partial charge in [0, 0.05) is 13.5 Å². The lowest BCUT2D eigenvalue weighted by Gasteiger charge is -2.32. The van der Waals surface area contributed by atoms with Crippen molar-refractivity contribution in [2.24, 2.45) is 0 Å². The van der Waals surface area contributed by atoms with Gasteiger partial charge in [-0.25, -0.2) is 4.39 Å². The van der Waals surface area contributed by atoms with Crippen molar-refractivity contribution < 1.29 is 13.7 Å². The van der Waals surface area contributed by atoms with Gasteiger partial charge in [-0.2, -0.15) is 0 Å². The Morgan fingerprint density at radius 2 is 1.67 bits per heavy atom. The zero-order valence-corrected chi connectivity index (χ0v) is 14.4. The molecule has 1 aliphatic heterocycles. The van der Waals surface area contributed by atoms with Crippen molar-refractivity contribution in [3.63, 3.8) is 0 Å². The first kappa shape index (κ1) is 14.7. The standard InChI is InChI=1S/C12H14BBrFIO2/c1-11(2)12(3,4)18-13(17-11)9-7(14)5-6-8(16)10(9)15/h5-6H,1-4H3. The van der Waals surface area contributed by atoms with Crippen molar-refractivity contribution in [1.82, 2.24) is 0 Å². The van der Waals surface area contributed by atoms with Crippen LogP contribution in [0.25, 0.3) is 0 Å². The van der Waals surface area contributed by atoms with Crippen LogP contribution in [0.1, 0.15) is 27.7 Å². The van der Waals surface area contributed by atoms with Crippen LogP contribution in [-0.4, -0.2) is 18.3 Å². The van der Waals surface area contributed by atoms with Crippen LogP contribution in [0.5, 0.6) is 0 Å². The van der Waals surface area contributed by atoms with Gasteiger partial charge in [0.25, 0.3) is 0 Å². The van der Waals surface area contributed by atoms with E-state index in [1.54, 1.807) is 6.07 Å². The second-order valence-corrected chi connectivity index (χ2v) is 7.36. The third-order valence-corrected chi connectivity index (χ3v) is 5.09. The summed E-state index contributed by atoms with van der Waals surface area (Å²) in [6.45, 7) is 7.80. The molecule has 0 N–H and O–H groups in total. The summed E-state index contributed by atoms with van der Waals surface area (Å²) in [6.07, 6.45) is 0. The molecule has 1 fully saturated rings.